The van der Waals surface area contributed by atoms with Crippen molar-refractivity contribution in [2.75, 3.05) is 0 Å². The SMILES string of the molecule is Cc1ccc(C=Nc2ccc(F)cc2F)n1C. The molecule has 2 nitrogen and oxygen atoms in total. The smallest absolute Gasteiger partial charge is 0.151 e. The molecule has 0 saturated heterocycles. The highest BCUT2D eigenvalue weighted by Gasteiger charge is 2.02. The predicted octanol–water partition coefficient (Wildman–Crippen LogP) is 3.36. The summed E-state index contributed by atoms with van der Waals surface area (Å²) in [5, 5.41) is 0. The largest absolute Gasteiger partial charge is 0.347 e. The van der Waals surface area contributed by atoms with Gasteiger partial charge in [-0.25, -0.2) is 8.78 Å². The zero-order valence-corrected chi connectivity index (χ0v) is 9.61. The summed E-state index contributed by atoms with van der Waals surface area (Å²) in [6.07, 6.45) is 1.56. The van der Waals surface area contributed by atoms with Gasteiger partial charge in [0.25, 0.3) is 0 Å². The topological polar surface area (TPSA) is 17.3 Å². The lowest BCUT2D eigenvalue weighted by molar-refractivity contribution is 0.585. The van der Waals surface area contributed by atoms with Crippen molar-refractivity contribution in [1.29, 1.82) is 0 Å². The highest BCUT2D eigenvalue weighted by molar-refractivity contribution is 5.80. The molecule has 0 aliphatic heterocycles. The van der Waals surface area contributed by atoms with Crippen LogP contribution in [0.2, 0.25) is 0 Å². The van der Waals surface area contributed by atoms with Gasteiger partial charge < -0.3 is 4.57 Å². The number of nitrogens with zero attached hydrogens (tertiary/aromatic N) is 2. The van der Waals surface area contributed by atoms with Crippen LogP contribution in [0.25, 0.3) is 0 Å². The molecule has 0 aliphatic carbocycles. The summed E-state index contributed by atoms with van der Waals surface area (Å²) >= 11 is 0. The Morgan fingerprint density at radius 2 is 1.94 bits per heavy atom. The van der Waals surface area contributed by atoms with Gasteiger partial charge >= 0.3 is 0 Å². The molecule has 0 amide bonds. The van der Waals surface area contributed by atoms with E-state index >= 15 is 0 Å². The first-order valence-corrected chi connectivity index (χ1v) is 5.19. The van der Waals surface area contributed by atoms with Crippen LogP contribution >= 0.6 is 0 Å². The molecule has 4 heteroatoms. The van der Waals surface area contributed by atoms with E-state index in [9.17, 15) is 8.78 Å². The van der Waals surface area contributed by atoms with Crippen LogP contribution in [0.15, 0.2) is 35.3 Å². The minimum atomic E-state index is -0.660. The third kappa shape index (κ3) is 2.41. The third-order valence-corrected chi connectivity index (χ3v) is 2.66. The first-order valence-electron chi connectivity index (χ1n) is 5.19. The average Bonchev–Trinajstić information content (AvgIpc) is 2.59. The Morgan fingerprint density at radius 1 is 1.18 bits per heavy atom. The molecule has 0 saturated carbocycles. The van der Waals surface area contributed by atoms with Gasteiger partial charge in [-0.1, -0.05) is 0 Å². The molecule has 1 heterocycles. The summed E-state index contributed by atoms with van der Waals surface area (Å²) in [6.45, 7) is 1.97. The van der Waals surface area contributed by atoms with Crippen LogP contribution in [-0.2, 0) is 7.05 Å². The summed E-state index contributed by atoms with van der Waals surface area (Å²) < 4.78 is 27.9. The molecule has 0 aliphatic rings. The lowest BCUT2D eigenvalue weighted by Gasteiger charge is -2.00. The van der Waals surface area contributed by atoms with Crippen LogP contribution in [0.4, 0.5) is 14.5 Å². The normalized spacial score (nSPS) is 11.3. The molecular weight excluding hydrogens is 222 g/mol. The standard InChI is InChI=1S/C13H12F2N2/c1-9-3-5-11(17(9)2)8-16-13-6-4-10(14)7-12(13)15/h3-8H,1-2H3. The summed E-state index contributed by atoms with van der Waals surface area (Å²) in [4.78, 5) is 4.00. The van der Waals surface area contributed by atoms with Crippen LogP contribution in [-0.4, -0.2) is 10.8 Å². The summed E-state index contributed by atoms with van der Waals surface area (Å²) in [5.41, 5.74) is 2.09. The van der Waals surface area contributed by atoms with Gasteiger partial charge in [0, 0.05) is 18.8 Å². The zero-order chi connectivity index (χ0) is 12.4. The van der Waals surface area contributed by atoms with E-state index in [1.54, 1.807) is 6.21 Å². The number of hydrogen-bond acceptors (Lipinski definition) is 1. The minimum Gasteiger partial charge on any atom is -0.347 e. The third-order valence-electron chi connectivity index (χ3n) is 2.66. The fraction of sp³-hybridized carbons (Fsp3) is 0.154. The maximum atomic E-state index is 13.3. The second-order valence-corrected chi connectivity index (χ2v) is 3.81. The van der Waals surface area contributed by atoms with Crippen molar-refractivity contribution in [1.82, 2.24) is 4.57 Å². The van der Waals surface area contributed by atoms with Gasteiger partial charge in [-0.05, 0) is 31.2 Å². The second-order valence-electron chi connectivity index (χ2n) is 3.81. The molecule has 0 spiro atoms. The number of aromatic nitrogens is 1. The first kappa shape index (κ1) is 11.5. The number of rotatable bonds is 2. The van der Waals surface area contributed by atoms with E-state index in [2.05, 4.69) is 4.99 Å². The molecule has 2 rings (SSSR count). The molecule has 0 unspecified atom stereocenters. The summed E-state index contributed by atoms with van der Waals surface area (Å²) in [6, 6.07) is 7.16. The lowest BCUT2D eigenvalue weighted by atomic mass is 10.3. The Hall–Kier alpha value is -1.97. The van der Waals surface area contributed by atoms with Gasteiger partial charge in [-0.15, -0.1) is 0 Å². The van der Waals surface area contributed by atoms with Crippen molar-refractivity contribution in [2.24, 2.45) is 12.0 Å². The Labute approximate surface area is 98.2 Å². The Morgan fingerprint density at radius 3 is 2.53 bits per heavy atom. The van der Waals surface area contributed by atoms with Gasteiger partial charge in [0.2, 0.25) is 0 Å². The summed E-state index contributed by atoms with van der Waals surface area (Å²) in [7, 11) is 1.90. The molecule has 0 fully saturated rings. The monoisotopic (exact) mass is 234 g/mol. The Kier molecular flexibility index (Phi) is 3.04. The molecule has 0 atom stereocenters. The highest BCUT2D eigenvalue weighted by Crippen LogP contribution is 2.18. The van der Waals surface area contributed by atoms with Gasteiger partial charge in [0.1, 0.15) is 5.82 Å². The molecule has 0 radical (unpaired) electrons. The summed E-state index contributed by atoms with van der Waals surface area (Å²) in [5.74, 6) is -1.26. The van der Waals surface area contributed by atoms with Crippen LogP contribution in [0.1, 0.15) is 11.4 Å². The van der Waals surface area contributed by atoms with Gasteiger partial charge in [-0.2, -0.15) is 0 Å². The first-order chi connectivity index (χ1) is 8.08. The fourth-order valence-corrected chi connectivity index (χ4v) is 1.48. The quantitative estimate of drug-likeness (QED) is 0.709. The fourth-order valence-electron chi connectivity index (χ4n) is 1.48. The van der Waals surface area contributed by atoms with Crippen molar-refractivity contribution >= 4 is 11.9 Å². The maximum absolute atomic E-state index is 13.3. The number of benzene rings is 1. The van der Waals surface area contributed by atoms with E-state index in [0.29, 0.717) is 0 Å². The van der Waals surface area contributed by atoms with E-state index in [1.807, 2.05) is 30.7 Å². The van der Waals surface area contributed by atoms with Crippen molar-refractivity contribution in [3.8, 4) is 0 Å². The number of aryl methyl sites for hydroxylation is 1. The van der Waals surface area contributed by atoms with E-state index < -0.39 is 11.6 Å². The zero-order valence-electron chi connectivity index (χ0n) is 9.61. The van der Waals surface area contributed by atoms with Crippen LogP contribution < -0.4 is 0 Å². The van der Waals surface area contributed by atoms with Crippen LogP contribution in [0.5, 0.6) is 0 Å². The molecule has 88 valence electrons. The van der Waals surface area contributed by atoms with Gasteiger partial charge in [-0.3, -0.25) is 4.99 Å². The van der Waals surface area contributed by atoms with E-state index in [1.165, 1.54) is 12.1 Å². The second kappa shape index (κ2) is 4.49. The van der Waals surface area contributed by atoms with Crippen LogP contribution in [0, 0.1) is 18.6 Å². The number of hydrogen-bond donors (Lipinski definition) is 0. The van der Waals surface area contributed by atoms with Crippen molar-refractivity contribution in [3.63, 3.8) is 0 Å². The number of aliphatic imine (C=N–C) groups is 1. The minimum absolute atomic E-state index is 0.130. The maximum Gasteiger partial charge on any atom is 0.151 e. The van der Waals surface area contributed by atoms with Crippen molar-refractivity contribution < 1.29 is 8.78 Å². The molecule has 2 aromatic rings. The predicted molar refractivity (Wildman–Crippen MR) is 63.8 cm³/mol. The van der Waals surface area contributed by atoms with Crippen LogP contribution in [0.3, 0.4) is 0 Å². The molecule has 1 aromatic heterocycles. The average molecular weight is 234 g/mol. The van der Waals surface area contributed by atoms with E-state index in [-0.39, 0.29) is 5.69 Å². The van der Waals surface area contributed by atoms with Crippen molar-refractivity contribution in [2.45, 2.75) is 6.92 Å². The van der Waals surface area contributed by atoms with Gasteiger partial charge in [0.15, 0.2) is 5.82 Å². The molecular formula is C13H12F2N2. The van der Waals surface area contributed by atoms with Crippen molar-refractivity contribution in [3.05, 3.63) is 53.4 Å². The molecule has 1 aromatic carbocycles. The highest BCUT2D eigenvalue weighted by atomic mass is 19.1. The molecule has 0 N–H and O–H groups in total. The number of halogens is 2. The Balaban J connectivity index is 2.29. The lowest BCUT2D eigenvalue weighted by Crippen LogP contribution is -1.96. The molecule has 0 bridgehead atoms. The molecule has 17 heavy (non-hydrogen) atoms. The van der Waals surface area contributed by atoms with Gasteiger partial charge in [0.05, 0.1) is 17.6 Å². The Bertz CT molecular complexity index is 571. The van der Waals surface area contributed by atoms with E-state index in [4.69, 9.17) is 0 Å². The van der Waals surface area contributed by atoms with E-state index in [0.717, 1.165) is 17.5 Å².